The third-order valence-electron chi connectivity index (χ3n) is 5.92. The van der Waals surface area contributed by atoms with E-state index in [1.165, 1.54) is 17.7 Å². The van der Waals surface area contributed by atoms with E-state index in [9.17, 15) is 14.4 Å². The first kappa shape index (κ1) is 18.4. The summed E-state index contributed by atoms with van der Waals surface area (Å²) in [4.78, 5) is 19.4. The van der Waals surface area contributed by atoms with Crippen molar-refractivity contribution < 1.29 is 8.81 Å². The Labute approximate surface area is 171 Å². The van der Waals surface area contributed by atoms with Crippen LogP contribution in [-0.2, 0) is 7.05 Å². The molecule has 0 unspecified atom stereocenters. The first-order valence-corrected chi connectivity index (χ1v) is 9.90. The van der Waals surface area contributed by atoms with Crippen LogP contribution in [0.3, 0.4) is 0 Å². The number of fused-ring (bicyclic) bond motifs is 2. The highest BCUT2D eigenvalue weighted by molar-refractivity contribution is 5.95. The maximum absolute atomic E-state index is 14.5. The van der Waals surface area contributed by atoms with Gasteiger partial charge in [-0.3, -0.25) is 4.79 Å². The molecule has 1 fully saturated rings. The zero-order chi connectivity index (χ0) is 20.8. The smallest absolute Gasteiger partial charge is 0.270 e. The van der Waals surface area contributed by atoms with Crippen molar-refractivity contribution in [1.29, 1.82) is 5.26 Å². The Morgan fingerprint density at radius 2 is 1.93 bits per heavy atom. The van der Waals surface area contributed by atoms with Crippen LogP contribution < -0.4 is 10.5 Å². The number of pyridine rings is 1. The summed E-state index contributed by atoms with van der Waals surface area (Å²) in [7, 11) is 1.50. The number of nitrogens with zero attached hydrogens (tertiary/aromatic N) is 4. The molecule has 1 saturated heterocycles. The zero-order valence-electron chi connectivity index (χ0n) is 16.4. The molecule has 2 aromatic carbocycles. The molecule has 2 aromatic heterocycles. The molecule has 0 N–H and O–H groups in total. The molecule has 0 atom stereocenters. The van der Waals surface area contributed by atoms with Gasteiger partial charge < -0.3 is 13.9 Å². The average molecular weight is 402 g/mol. The topological polar surface area (TPSA) is 75.1 Å². The van der Waals surface area contributed by atoms with Gasteiger partial charge in [-0.2, -0.15) is 5.26 Å². The zero-order valence-corrected chi connectivity index (χ0v) is 16.4. The fraction of sp³-hybridized carbons (Fsp3) is 0.261. The highest BCUT2D eigenvalue weighted by Gasteiger charge is 2.28. The molecule has 1 aliphatic heterocycles. The summed E-state index contributed by atoms with van der Waals surface area (Å²) in [6.45, 7) is 1.24. The molecule has 3 heterocycles. The van der Waals surface area contributed by atoms with Crippen LogP contribution in [0.5, 0.6) is 0 Å². The van der Waals surface area contributed by atoms with Gasteiger partial charge in [0.25, 0.3) is 5.56 Å². The predicted molar refractivity (Wildman–Crippen MR) is 112 cm³/mol. The van der Waals surface area contributed by atoms with Crippen molar-refractivity contribution in [3.8, 4) is 6.07 Å². The van der Waals surface area contributed by atoms with Crippen LogP contribution in [0.2, 0.25) is 0 Å². The van der Waals surface area contributed by atoms with Crippen LogP contribution in [0.15, 0.2) is 51.7 Å². The normalized spacial score (nSPS) is 15.0. The molecule has 0 saturated carbocycles. The minimum Gasteiger partial charge on any atom is -0.440 e. The van der Waals surface area contributed by atoms with Crippen LogP contribution >= 0.6 is 0 Å². The Kier molecular flexibility index (Phi) is 4.28. The number of oxazole rings is 1. The lowest BCUT2D eigenvalue weighted by Gasteiger charge is -2.33. The highest BCUT2D eigenvalue weighted by Crippen LogP contribution is 2.35. The Morgan fingerprint density at radius 1 is 1.17 bits per heavy atom. The number of rotatable bonds is 2. The molecular formula is C23H19FN4O2. The lowest BCUT2D eigenvalue weighted by Crippen LogP contribution is -2.36. The summed E-state index contributed by atoms with van der Waals surface area (Å²) in [5.41, 5.74) is 1.93. The van der Waals surface area contributed by atoms with Gasteiger partial charge in [0.15, 0.2) is 11.5 Å². The summed E-state index contributed by atoms with van der Waals surface area (Å²) >= 11 is 0. The third kappa shape index (κ3) is 2.76. The molecule has 6 nitrogen and oxygen atoms in total. The molecule has 1 aliphatic rings. The molecule has 4 aromatic rings. The summed E-state index contributed by atoms with van der Waals surface area (Å²) in [5, 5.41) is 10.3. The Bertz CT molecular complexity index is 1340. The van der Waals surface area contributed by atoms with Gasteiger partial charge in [-0.1, -0.05) is 24.3 Å². The number of aryl methyl sites for hydroxylation is 1. The number of anilines is 1. The molecule has 0 spiro atoms. The first-order chi connectivity index (χ1) is 14.6. The van der Waals surface area contributed by atoms with Crippen molar-refractivity contribution in [2.75, 3.05) is 18.0 Å². The van der Waals surface area contributed by atoms with Gasteiger partial charge in [0.05, 0.1) is 11.2 Å². The van der Waals surface area contributed by atoms with E-state index >= 15 is 0 Å². The lowest BCUT2D eigenvalue weighted by molar-refractivity contribution is 0.407. The quantitative estimate of drug-likeness (QED) is 0.505. The summed E-state index contributed by atoms with van der Waals surface area (Å²) < 4.78 is 21.7. The fourth-order valence-corrected chi connectivity index (χ4v) is 4.40. The number of hydrogen-bond acceptors (Lipinski definition) is 5. The number of para-hydroxylation sites is 3. The minimum atomic E-state index is -0.480. The second-order valence-corrected chi connectivity index (χ2v) is 7.62. The van der Waals surface area contributed by atoms with E-state index in [0.717, 1.165) is 29.8 Å². The van der Waals surface area contributed by atoms with Crippen molar-refractivity contribution in [3.05, 3.63) is 70.1 Å². The summed E-state index contributed by atoms with van der Waals surface area (Å²) in [5.74, 6) is 0.407. The minimum absolute atomic E-state index is 0.0518. The SMILES string of the molecule is Cn1c(=O)c(C#N)c(N2CCC(c3nc4ccccc4o3)CC2)c2cccc(F)c21. The Morgan fingerprint density at radius 3 is 2.67 bits per heavy atom. The van der Waals surface area contributed by atoms with Gasteiger partial charge in [-0.15, -0.1) is 0 Å². The van der Waals surface area contributed by atoms with E-state index in [0.29, 0.717) is 24.2 Å². The van der Waals surface area contributed by atoms with Crippen molar-refractivity contribution in [1.82, 2.24) is 9.55 Å². The predicted octanol–water partition coefficient (Wildman–Crippen LogP) is 4.07. The van der Waals surface area contributed by atoms with Crippen LogP contribution in [-0.4, -0.2) is 22.6 Å². The van der Waals surface area contributed by atoms with Crippen LogP contribution in [0, 0.1) is 17.1 Å². The molecular weight excluding hydrogens is 383 g/mol. The lowest BCUT2D eigenvalue weighted by atomic mass is 9.95. The van der Waals surface area contributed by atoms with Gasteiger partial charge in [0.1, 0.15) is 23.0 Å². The number of hydrogen-bond donors (Lipinski definition) is 0. The summed E-state index contributed by atoms with van der Waals surface area (Å²) in [6, 6.07) is 14.4. The number of benzene rings is 2. The van der Waals surface area contributed by atoms with Crippen molar-refractivity contribution in [3.63, 3.8) is 0 Å². The Balaban J connectivity index is 1.52. The first-order valence-electron chi connectivity index (χ1n) is 9.90. The molecule has 0 amide bonds. The monoisotopic (exact) mass is 402 g/mol. The maximum Gasteiger partial charge on any atom is 0.270 e. The van der Waals surface area contributed by atoms with E-state index < -0.39 is 11.4 Å². The molecule has 0 aliphatic carbocycles. The van der Waals surface area contributed by atoms with Gasteiger partial charge in [-0.05, 0) is 31.0 Å². The van der Waals surface area contributed by atoms with Crippen LogP contribution in [0.1, 0.15) is 30.2 Å². The highest BCUT2D eigenvalue weighted by atomic mass is 19.1. The second-order valence-electron chi connectivity index (χ2n) is 7.62. The second kappa shape index (κ2) is 6.99. The number of nitriles is 1. The van der Waals surface area contributed by atoms with E-state index in [1.54, 1.807) is 12.1 Å². The van der Waals surface area contributed by atoms with Gasteiger partial charge in [0.2, 0.25) is 0 Å². The number of piperidine rings is 1. The Hall–Kier alpha value is -3.66. The molecule has 7 heteroatoms. The third-order valence-corrected chi connectivity index (χ3v) is 5.92. The standard InChI is InChI=1S/C23H19FN4O2/c1-27-21-15(5-4-6-17(21)24)20(16(13-25)23(27)29)28-11-9-14(10-12-28)22-26-18-7-2-3-8-19(18)30-22/h2-8,14H,9-12H2,1H3. The van der Waals surface area contributed by atoms with E-state index in [-0.39, 0.29) is 17.0 Å². The van der Waals surface area contributed by atoms with Crippen molar-refractivity contribution in [2.24, 2.45) is 7.05 Å². The average Bonchev–Trinajstić information content (AvgIpc) is 3.20. The maximum atomic E-state index is 14.5. The largest absolute Gasteiger partial charge is 0.440 e. The van der Waals surface area contributed by atoms with Crippen LogP contribution in [0.25, 0.3) is 22.0 Å². The van der Waals surface area contributed by atoms with Crippen LogP contribution in [0.4, 0.5) is 10.1 Å². The van der Waals surface area contributed by atoms with E-state index in [2.05, 4.69) is 4.98 Å². The molecule has 0 radical (unpaired) electrons. The number of halogens is 1. The molecule has 5 rings (SSSR count). The van der Waals surface area contributed by atoms with Gasteiger partial charge in [0, 0.05) is 31.4 Å². The number of aromatic nitrogens is 2. The molecule has 150 valence electrons. The summed E-state index contributed by atoms with van der Waals surface area (Å²) in [6.07, 6.45) is 1.54. The van der Waals surface area contributed by atoms with Gasteiger partial charge >= 0.3 is 0 Å². The van der Waals surface area contributed by atoms with E-state index in [1.807, 2.05) is 35.2 Å². The molecule has 0 bridgehead atoms. The van der Waals surface area contributed by atoms with Crippen molar-refractivity contribution in [2.45, 2.75) is 18.8 Å². The van der Waals surface area contributed by atoms with Gasteiger partial charge in [-0.25, -0.2) is 9.37 Å². The fourth-order valence-electron chi connectivity index (χ4n) is 4.40. The van der Waals surface area contributed by atoms with E-state index in [4.69, 9.17) is 4.42 Å². The molecule has 30 heavy (non-hydrogen) atoms. The van der Waals surface area contributed by atoms with Crippen molar-refractivity contribution >= 4 is 27.7 Å².